The molecule has 6 aliphatic rings. The number of aliphatic hydroxyl groups is 2. The molecule has 1 spiro atoms. The van der Waals surface area contributed by atoms with E-state index in [1.165, 1.54) is 6.07 Å². The van der Waals surface area contributed by atoms with Crippen LogP contribution in [0.1, 0.15) is 109 Å². The largest absolute Gasteiger partial charge is 0.508 e. The summed E-state index contributed by atoms with van der Waals surface area (Å²) >= 11 is 1.58. The maximum Gasteiger partial charge on any atom is 0.258 e. The van der Waals surface area contributed by atoms with Crippen LogP contribution in [-0.2, 0) is 39.5 Å². The number of aromatic hydroxyl groups is 2. The van der Waals surface area contributed by atoms with E-state index in [4.69, 9.17) is 25.2 Å². The number of thiophene rings is 1. The lowest BCUT2D eigenvalue weighted by molar-refractivity contribution is -0.143. The maximum atomic E-state index is 13.7. The summed E-state index contributed by atoms with van der Waals surface area (Å²) in [6, 6.07) is 11.4. The molecule has 1 atom stereocenters. The van der Waals surface area contributed by atoms with Gasteiger partial charge in [-0.3, -0.25) is 19.4 Å². The van der Waals surface area contributed by atoms with Crippen LogP contribution in [0.3, 0.4) is 0 Å². The Bertz CT molecular complexity index is 2830. The summed E-state index contributed by atoms with van der Waals surface area (Å²) in [6.07, 6.45) is 8.05. The van der Waals surface area contributed by atoms with Crippen LogP contribution >= 0.6 is 11.3 Å². The molecule has 6 aliphatic heterocycles. The second-order valence-corrected chi connectivity index (χ2v) is 22.5. The number of amides is 2. The molecule has 0 radical (unpaired) electrons. The van der Waals surface area contributed by atoms with E-state index >= 15 is 0 Å². The SMILES string of the molecule is CC(C)c1cc(C(=O)N2Cc3ccc(CN4CCC(O)(CC(=O)N5CCC6(CC5)CC(N5CCC(O)(c7cc8nc(-c9cnc(N)nc9)nc(N9CCOCC9)c8s7)CC5)CO6)CC4)cc3C2)c(O)cc1O. The Hall–Kier alpha value is -5.54. The van der Waals surface area contributed by atoms with Gasteiger partial charge < -0.3 is 50.3 Å². The van der Waals surface area contributed by atoms with Gasteiger partial charge in [0.25, 0.3) is 5.91 Å². The zero-order valence-corrected chi connectivity index (χ0v) is 42.1. The van der Waals surface area contributed by atoms with Crippen molar-refractivity contribution in [3.05, 3.63) is 81.5 Å². The molecule has 3 aromatic heterocycles. The quantitative estimate of drug-likeness (QED) is 0.123. The van der Waals surface area contributed by atoms with Crippen molar-refractivity contribution in [3.8, 4) is 22.9 Å². The van der Waals surface area contributed by atoms with Gasteiger partial charge in [-0.2, -0.15) is 0 Å². The van der Waals surface area contributed by atoms with Gasteiger partial charge >= 0.3 is 0 Å². The molecule has 1 unspecified atom stereocenters. The summed E-state index contributed by atoms with van der Waals surface area (Å²) in [6.45, 7) is 12.8. The van der Waals surface area contributed by atoms with E-state index in [1.54, 1.807) is 34.7 Å². The van der Waals surface area contributed by atoms with E-state index < -0.39 is 11.2 Å². The summed E-state index contributed by atoms with van der Waals surface area (Å²) in [5.74, 6) is 1.02. The number of morpholine rings is 1. The monoisotopic (exact) mass is 1000 g/mol. The molecule has 19 heteroatoms. The van der Waals surface area contributed by atoms with E-state index in [0.29, 0.717) is 121 Å². The van der Waals surface area contributed by atoms with Crippen molar-refractivity contribution in [3.63, 3.8) is 0 Å². The second-order valence-electron chi connectivity index (χ2n) is 21.4. The fraction of sp³-hybridized carbons (Fsp3) is 0.547. The number of nitrogens with zero attached hydrogens (tertiary/aromatic N) is 9. The highest BCUT2D eigenvalue weighted by Gasteiger charge is 2.48. The number of fused-ring (bicyclic) bond motifs is 2. The van der Waals surface area contributed by atoms with E-state index in [0.717, 1.165) is 70.0 Å². The Morgan fingerprint density at radius 3 is 2.28 bits per heavy atom. The third kappa shape index (κ3) is 9.72. The van der Waals surface area contributed by atoms with Crippen LogP contribution < -0.4 is 10.6 Å². The average molecular weight is 1000 g/mol. The molecule has 382 valence electrons. The van der Waals surface area contributed by atoms with Crippen LogP contribution in [0.15, 0.2) is 48.8 Å². The van der Waals surface area contributed by atoms with Crippen LogP contribution in [0.25, 0.3) is 21.6 Å². The molecular formula is C53H66N10O8S. The van der Waals surface area contributed by atoms with Gasteiger partial charge in [-0.05, 0) is 85.3 Å². The molecule has 18 nitrogen and oxygen atoms in total. The van der Waals surface area contributed by atoms with Crippen LogP contribution in [-0.4, -0.2) is 161 Å². The highest BCUT2D eigenvalue weighted by molar-refractivity contribution is 7.19. The number of piperidine rings is 3. The number of benzene rings is 2. The lowest BCUT2D eigenvalue weighted by atomic mass is 9.84. The van der Waals surface area contributed by atoms with Gasteiger partial charge in [0, 0.05) is 101 Å². The number of hydrogen-bond acceptors (Lipinski definition) is 17. The Balaban J connectivity index is 0.643. The lowest BCUT2D eigenvalue weighted by Gasteiger charge is -2.42. The third-order valence-electron chi connectivity index (χ3n) is 16.4. The molecule has 0 saturated carbocycles. The van der Waals surface area contributed by atoms with E-state index in [2.05, 4.69) is 42.9 Å². The number of carbonyl (C=O) groups is 2. The van der Waals surface area contributed by atoms with Gasteiger partial charge in [0.2, 0.25) is 11.9 Å². The van der Waals surface area contributed by atoms with Gasteiger partial charge in [-0.25, -0.2) is 19.9 Å². The number of nitrogens with two attached hydrogens (primary N) is 1. The first-order valence-electron chi connectivity index (χ1n) is 25.6. The molecule has 9 heterocycles. The van der Waals surface area contributed by atoms with Crippen molar-refractivity contribution in [2.24, 2.45) is 0 Å². The van der Waals surface area contributed by atoms with Crippen molar-refractivity contribution >= 4 is 45.1 Å². The molecule has 5 saturated heterocycles. The number of carbonyl (C=O) groups excluding carboxylic acids is 2. The van der Waals surface area contributed by atoms with Crippen molar-refractivity contribution < 1.29 is 39.5 Å². The Labute approximate surface area is 423 Å². The second kappa shape index (κ2) is 19.4. The number of hydrogen-bond donors (Lipinski definition) is 5. The van der Waals surface area contributed by atoms with Crippen molar-refractivity contribution in [1.82, 2.24) is 39.5 Å². The molecule has 72 heavy (non-hydrogen) atoms. The number of likely N-dealkylation sites (tertiary alicyclic amines) is 3. The first-order chi connectivity index (χ1) is 34.6. The minimum atomic E-state index is -1.05. The number of anilines is 2. The van der Waals surface area contributed by atoms with Crippen molar-refractivity contribution in [1.29, 1.82) is 0 Å². The Kier molecular flexibility index (Phi) is 13.1. The fourth-order valence-corrected chi connectivity index (χ4v) is 13.1. The van der Waals surface area contributed by atoms with Gasteiger partial charge in [0.15, 0.2) is 11.6 Å². The average Bonchev–Trinajstić information content (AvgIpc) is 4.13. The van der Waals surface area contributed by atoms with Gasteiger partial charge in [-0.15, -0.1) is 11.3 Å². The molecule has 5 aromatic rings. The van der Waals surface area contributed by atoms with E-state index in [-0.39, 0.29) is 58.8 Å². The number of phenolic OH excluding ortho intramolecular Hbond substituents is 2. The standard InChI is InChI=1S/C53H66N10O8S/c1-33(2)39-22-40(43(65)24-42(39)64)49(67)63-30-35-4-3-34(21-36(35)31-63)29-59-11-5-51(68,6-12-59)26-45(66)61-13-7-52(8-14-61)25-38(32-71-52)60-15-9-53(69,10-16-60)44-23-41-46(72-44)48(62-17-19-70-20-18-62)58-47(57-41)37-27-55-50(54)56-28-37/h3-4,21-24,27-28,33,38,64-65,68-69H,5-20,25-26,29-32H2,1-2H3,(H2,54,55,56). The molecule has 0 bridgehead atoms. The van der Waals surface area contributed by atoms with Crippen molar-refractivity contribution in [2.75, 3.05) is 82.8 Å². The summed E-state index contributed by atoms with van der Waals surface area (Å²) in [5, 5.41) is 44.7. The van der Waals surface area contributed by atoms with Crippen LogP contribution in [0.5, 0.6) is 11.5 Å². The molecule has 2 aromatic carbocycles. The summed E-state index contributed by atoms with van der Waals surface area (Å²) in [4.78, 5) is 57.1. The molecular weight excluding hydrogens is 937 g/mol. The van der Waals surface area contributed by atoms with E-state index in [9.17, 15) is 30.0 Å². The lowest BCUT2D eigenvalue weighted by Crippen LogP contribution is -2.51. The molecule has 2 amide bonds. The summed E-state index contributed by atoms with van der Waals surface area (Å²) in [5.41, 5.74) is 9.01. The molecule has 5 fully saturated rings. The number of phenols is 2. The van der Waals surface area contributed by atoms with Crippen molar-refractivity contribution in [2.45, 2.75) is 114 Å². The Morgan fingerprint density at radius 2 is 1.56 bits per heavy atom. The number of aromatic nitrogens is 4. The van der Waals surface area contributed by atoms with Gasteiger partial charge in [0.1, 0.15) is 17.1 Å². The summed E-state index contributed by atoms with van der Waals surface area (Å²) < 4.78 is 13.2. The minimum Gasteiger partial charge on any atom is -0.508 e. The van der Waals surface area contributed by atoms with Gasteiger partial charge in [-0.1, -0.05) is 32.0 Å². The molecule has 6 N–H and O–H groups in total. The highest BCUT2D eigenvalue weighted by atomic mass is 32.1. The van der Waals surface area contributed by atoms with E-state index in [1.807, 2.05) is 24.8 Å². The van der Waals surface area contributed by atoms with Crippen LogP contribution in [0.4, 0.5) is 11.8 Å². The molecule has 11 rings (SSSR count). The predicted octanol–water partition coefficient (Wildman–Crippen LogP) is 5.11. The highest BCUT2D eigenvalue weighted by Crippen LogP contribution is 2.45. The topological polar surface area (TPSA) is 227 Å². The predicted molar refractivity (Wildman–Crippen MR) is 271 cm³/mol. The number of rotatable bonds is 10. The molecule has 0 aliphatic carbocycles. The zero-order valence-electron chi connectivity index (χ0n) is 41.3. The minimum absolute atomic E-state index is 0.00390. The summed E-state index contributed by atoms with van der Waals surface area (Å²) in [7, 11) is 0. The number of ether oxygens (including phenoxy) is 2. The Morgan fingerprint density at radius 1 is 0.833 bits per heavy atom. The first-order valence-corrected chi connectivity index (χ1v) is 26.5. The van der Waals surface area contributed by atoms with Crippen LogP contribution in [0, 0.1) is 0 Å². The maximum absolute atomic E-state index is 13.7. The zero-order chi connectivity index (χ0) is 49.9. The van der Waals surface area contributed by atoms with Gasteiger partial charge in [0.05, 0.1) is 58.8 Å². The van der Waals surface area contributed by atoms with Crippen LogP contribution in [0.2, 0.25) is 0 Å². The number of nitrogen functional groups attached to an aromatic ring is 1. The smallest absolute Gasteiger partial charge is 0.258 e. The first kappa shape index (κ1) is 48.7. The fourth-order valence-electron chi connectivity index (χ4n) is 11.8. The third-order valence-corrected chi connectivity index (χ3v) is 17.7. The normalized spacial score (nSPS) is 22.3.